The number of hydrogen-bond donors (Lipinski definition) is 0. The van der Waals surface area contributed by atoms with E-state index >= 15 is 0 Å². The molecular weight excluding hydrogens is 578 g/mol. The summed E-state index contributed by atoms with van der Waals surface area (Å²) in [5.41, 5.74) is 3.09. The number of aldehydes is 1. The Kier molecular flexibility index (Phi) is 7.65. The number of aryl methyl sites for hydroxylation is 1. The molecule has 5 rings (SSSR count). The first kappa shape index (κ1) is 28.5. The molecule has 0 radical (unpaired) electrons. The van der Waals surface area contributed by atoms with E-state index in [1.54, 1.807) is 26.8 Å². The third kappa shape index (κ3) is 5.33. The molecule has 0 spiro atoms. The van der Waals surface area contributed by atoms with Crippen molar-refractivity contribution in [2.24, 2.45) is 0 Å². The Morgan fingerprint density at radius 2 is 1.90 bits per heavy atom. The standard InChI is InChI=1S/C31H34BrNO7/c1-18-9-10-31(16-34,33(18)29(37)40-30(2,3)4)17-38-15-26(35)20-5-7-22-21(11-20)14-39-27-13-23-19(12-24(22)27)6-8-25(32)28(23)36/h5,7,11-13,16,18,25H,6,8-10,14-15,17H2,1-4H3/t18-,25?,31-/m0/s1. The molecule has 2 aliphatic heterocycles. The van der Waals surface area contributed by atoms with E-state index in [9.17, 15) is 19.2 Å². The van der Waals surface area contributed by atoms with Gasteiger partial charge in [-0.05, 0) is 88.3 Å². The lowest BCUT2D eigenvalue weighted by Crippen LogP contribution is -2.55. The largest absolute Gasteiger partial charge is 0.488 e. The number of nitrogens with zero attached hydrogens (tertiary/aromatic N) is 1. The molecule has 2 heterocycles. The number of halogens is 1. The molecule has 0 aromatic heterocycles. The van der Waals surface area contributed by atoms with Gasteiger partial charge in [-0.1, -0.05) is 28.1 Å². The van der Waals surface area contributed by atoms with Crippen LogP contribution < -0.4 is 4.74 Å². The molecule has 1 saturated heterocycles. The molecule has 0 saturated carbocycles. The Hall–Kier alpha value is -3.04. The molecule has 2 aromatic carbocycles. The third-order valence-corrected chi connectivity index (χ3v) is 8.71. The van der Waals surface area contributed by atoms with Crippen molar-refractivity contribution >= 4 is 39.9 Å². The molecular formula is C31H34BrNO7. The highest BCUT2D eigenvalue weighted by Crippen LogP contribution is 2.42. The van der Waals surface area contributed by atoms with Crippen molar-refractivity contribution in [1.29, 1.82) is 0 Å². The van der Waals surface area contributed by atoms with E-state index in [0.717, 1.165) is 41.4 Å². The summed E-state index contributed by atoms with van der Waals surface area (Å²) in [6, 6.07) is 9.16. The highest BCUT2D eigenvalue weighted by atomic mass is 79.9. The average molecular weight is 613 g/mol. The molecule has 212 valence electrons. The maximum atomic E-state index is 13.1. The summed E-state index contributed by atoms with van der Waals surface area (Å²) in [5, 5.41) is 0. The van der Waals surface area contributed by atoms with Gasteiger partial charge in [0.15, 0.2) is 11.6 Å². The number of fused-ring (bicyclic) bond motifs is 4. The van der Waals surface area contributed by atoms with Gasteiger partial charge in [0.05, 0.1) is 11.4 Å². The van der Waals surface area contributed by atoms with Crippen molar-refractivity contribution in [3.8, 4) is 16.9 Å². The highest BCUT2D eigenvalue weighted by Gasteiger charge is 2.49. The van der Waals surface area contributed by atoms with Crippen LogP contribution in [0.1, 0.15) is 78.8 Å². The van der Waals surface area contributed by atoms with E-state index in [2.05, 4.69) is 15.9 Å². The van der Waals surface area contributed by atoms with Gasteiger partial charge in [-0.15, -0.1) is 0 Å². The predicted molar refractivity (Wildman–Crippen MR) is 152 cm³/mol. The molecule has 1 unspecified atom stereocenters. The van der Waals surface area contributed by atoms with Gasteiger partial charge in [-0.2, -0.15) is 0 Å². The summed E-state index contributed by atoms with van der Waals surface area (Å²) >= 11 is 3.46. The van der Waals surface area contributed by atoms with E-state index < -0.39 is 17.2 Å². The van der Waals surface area contributed by atoms with Crippen LogP contribution in [0.15, 0.2) is 30.3 Å². The monoisotopic (exact) mass is 611 g/mol. The molecule has 3 atom stereocenters. The Labute approximate surface area is 242 Å². The van der Waals surface area contributed by atoms with Crippen LogP contribution in [-0.4, -0.2) is 64.1 Å². The number of rotatable bonds is 6. The van der Waals surface area contributed by atoms with Crippen LogP contribution in [0.25, 0.3) is 11.1 Å². The first-order valence-electron chi connectivity index (χ1n) is 13.6. The zero-order valence-electron chi connectivity index (χ0n) is 23.3. The highest BCUT2D eigenvalue weighted by molar-refractivity contribution is 9.10. The molecule has 1 amide bonds. The van der Waals surface area contributed by atoms with Crippen LogP contribution in [0.4, 0.5) is 4.79 Å². The number of amides is 1. The second-order valence-electron chi connectivity index (χ2n) is 11.9. The van der Waals surface area contributed by atoms with Gasteiger partial charge in [0.1, 0.15) is 36.4 Å². The van der Waals surface area contributed by atoms with Crippen LogP contribution in [0.2, 0.25) is 0 Å². The van der Waals surface area contributed by atoms with Gasteiger partial charge < -0.3 is 19.0 Å². The maximum absolute atomic E-state index is 13.1. The van der Waals surface area contributed by atoms with Gasteiger partial charge in [0.2, 0.25) is 0 Å². The first-order chi connectivity index (χ1) is 18.9. The third-order valence-electron chi connectivity index (χ3n) is 7.83. The molecule has 0 bridgehead atoms. The second kappa shape index (κ2) is 10.7. The Bertz CT molecular complexity index is 1380. The number of hydrogen-bond acceptors (Lipinski definition) is 7. The quantitative estimate of drug-likeness (QED) is 0.235. The predicted octanol–water partition coefficient (Wildman–Crippen LogP) is 5.69. The number of Topliss-reactive ketones (excluding diaryl/α,β-unsaturated/α-hetero) is 2. The second-order valence-corrected chi connectivity index (χ2v) is 13.0. The van der Waals surface area contributed by atoms with Gasteiger partial charge in [0.25, 0.3) is 0 Å². The van der Waals surface area contributed by atoms with E-state index in [-0.39, 0.29) is 42.3 Å². The minimum Gasteiger partial charge on any atom is -0.488 e. The Balaban J connectivity index is 1.28. The SMILES string of the molecule is C[C@H]1CC[C@](C=O)(COCC(=O)c2ccc3c(c2)COc2cc4c(cc2-3)CCC(Br)C4=O)N1C(=O)OC(C)(C)C. The summed E-state index contributed by atoms with van der Waals surface area (Å²) in [6.45, 7) is 7.17. The van der Waals surface area contributed by atoms with E-state index in [1.165, 1.54) is 4.90 Å². The smallest absolute Gasteiger partial charge is 0.411 e. The summed E-state index contributed by atoms with van der Waals surface area (Å²) in [4.78, 5) is 52.1. The molecule has 2 aromatic rings. The molecule has 1 fully saturated rings. The van der Waals surface area contributed by atoms with Crippen LogP contribution >= 0.6 is 15.9 Å². The number of likely N-dealkylation sites (tertiary alicyclic amines) is 1. The number of alkyl halides is 1. The molecule has 0 N–H and O–H groups in total. The number of carbonyl (C=O) groups is 4. The zero-order valence-corrected chi connectivity index (χ0v) is 24.8. The first-order valence-corrected chi connectivity index (χ1v) is 14.5. The lowest BCUT2D eigenvalue weighted by molar-refractivity contribution is -0.121. The van der Waals surface area contributed by atoms with E-state index in [4.69, 9.17) is 14.2 Å². The van der Waals surface area contributed by atoms with Crippen molar-refractivity contribution in [3.63, 3.8) is 0 Å². The summed E-state index contributed by atoms with van der Waals surface area (Å²) < 4.78 is 17.3. The van der Waals surface area contributed by atoms with Gasteiger partial charge in [-0.25, -0.2) is 4.79 Å². The zero-order chi connectivity index (χ0) is 28.8. The van der Waals surface area contributed by atoms with Crippen molar-refractivity contribution in [2.75, 3.05) is 13.2 Å². The van der Waals surface area contributed by atoms with Gasteiger partial charge in [0, 0.05) is 22.7 Å². The van der Waals surface area contributed by atoms with Crippen molar-refractivity contribution in [3.05, 3.63) is 52.6 Å². The van der Waals surface area contributed by atoms with Gasteiger partial charge in [-0.3, -0.25) is 14.5 Å². The molecule has 3 aliphatic rings. The van der Waals surface area contributed by atoms with Crippen LogP contribution in [0, 0.1) is 0 Å². The van der Waals surface area contributed by atoms with Crippen molar-refractivity contribution < 1.29 is 33.4 Å². The van der Waals surface area contributed by atoms with Crippen LogP contribution in [-0.2, 0) is 27.3 Å². The summed E-state index contributed by atoms with van der Waals surface area (Å²) in [7, 11) is 0. The summed E-state index contributed by atoms with van der Waals surface area (Å²) in [5.74, 6) is 0.518. The topological polar surface area (TPSA) is 99.2 Å². The lowest BCUT2D eigenvalue weighted by Gasteiger charge is -2.37. The van der Waals surface area contributed by atoms with Crippen molar-refractivity contribution in [1.82, 2.24) is 4.90 Å². The number of ketones is 2. The van der Waals surface area contributed by atoms with Crippen molar-refractivity contribution in [2.45, 2.75) is 82.0 Å². The maximum Gasteiger partial charge on any atom is 0.411 e. The van der Waals surface area contributed by atoms with E-state index in [1.807, 2.05) is 31.2 Å². The molecule has 8 nitrogen and oxygen atoms in total. The van der Waals surface area contributed by atoms with Gasteiger partial charge >= 0.3 is 6.09 Å². The summed E-state index contributed by atoms with van der Waals surface area (Å²) in [6.07, 6.45) is 2.81. The Morgan fingerprint density at radius 1 is 1.12 bits per heavy atom. The molecule has 1 aliphatic carbocycles. The molecule has 9 heteroatoms. The van der Waals surface area contributed by atoms with Crippen LogP contribution in [0.3, 0.4) is 0 Å². The minimum atomic E-state index is -1.18. The fourth-order valence-electron chi connectivity index (χ4n) is 5.79. The number of carbonyl (C=O) groups excluding carboxylic acids is 4. The molecule has 40 heavy (non-hydrogen) atoms. The van der Waals surface area contributed by atoms with Crippen LogP contribution in [0.5, 0.6) is 5.75 Å². The average Bonchev–Trinajstić information content (AvgIpc) is 3.25. The fraction of sp³-hybridized carbons (Fsp3) is 0.484. The fourth-order valence-corrected chi connectivity index (χ4v) is 6.27. The minimum absolute atomic E-state index is 0.0806. The normalized spacial score (nSPS) is 23.5. The number of benzene rings is 2. The van der Waals surface area contributed by atoms with E-state index in [0.29, 0.717) is 29.7 Å². The lowest BCUT2D eigenvalue weighted by atomic mass is 9.85. The Morgan fingerprint density at radius 3 is 2.62 bits per heavy atom. The number of ether oxygens (including phenoxy) is 3.